The molecule has 0 aromatic carbocycles. The average molecular weight is 232 g/mol. The summed E-state index contributed by atoms with van der Waals surface area (Å²) < 4.78 is 20.6. The van der Waals surface area contributed by atoms with Gasteiger partial charge >= 0.3 is 6.09 Å². The van der Waals surface area contributed by atoms with Gasteiger partial charge in [0, 0.05) is 6.54 Å². The van der Waals surface area contributed by atoms with Crippen molar-refractivity contribution in [2.75, 3.05) is 26.4 Å². The number of alkyl halides is 1. The van der Waals surface area contributed by atoms with Gasteiger partial charge in [0.2, 0.25) is 0 Å². The summed E-state index contributed by atoms with van der Waals surface area (Å²) in [6.07, 6.45) is 4.58. The van der Waals surface area contributed by atoms with E-state index in [9.17, 15) is 9.18 Å². The minimum atomic E-state index is -0.660. The average Bonchev–Trinajstić information content (AvgIpc) is 2.30. The number of hydrogen-bond acceptors (Lipinski definition) is 4. The fourth-order valence-electron chi connectivity index (χ4n) is 1.07. The van der Waals surface area contributed by atoms with Crippen molar-refractivity contribution >= 4 is 6.09 Å². The lowest BCUT2D eigenvalue weighted by Crippen LogP contribution is -2.25. The van der Waals surface area contributed by atoms with Gasteiger partial charge in [-0.1, -0.05) is 6.42 Å². The normalized spacial score (nSPS) is 9.25. The van der Waals surface area contributed by atoms with E-state index in [1.54, 1.807) is 6.26 Å². The summed E-state index contributed by atoms with van der Waals surface area (Å²) in [6, 6.07) is 0. The molecule has 5 nitrogen and oxygen atoms in total. The van der Waals surface area contributed by atoms with Crippen LogP contribution >= 0.6 is 0 Å². The van der Waals surface area contributed by atoms with Crippen LogP contribution in [0.4, 0.5) is 9.18 Å². The van der Waals surface area contributed by atoms with Crippen molar-refractivity contribution in [3.8, 4) is 6.26 Å². The lowest BCUT2D eigenvalue weighted by Gasteiger charge is -2.04. The molecule has 0 aromatic rings. The lowest BCUT2D eigenvalue weighted by molar-refractivity contribution is 0.137. The monoisotopic (exact) mass is 232 g/mol. The fourth-order valence-corrected chi connectivity index (χ4v) is 1.07. The summed E-state index contributed by atoms with van der Waals surface area (Å²) in [5.41, 5.74) is 0. The van der Waals surface area contributed by atoms with Crippen molar-refractivity contribution in [3.05, 3.63) is 0 Å². The number of ether oxygens (including phenoxy) is 2. The molecule has 0 aliphatic heterocycles. The summed E-state index contributed by atoms with van der Waals surface area (Å²) in [4.78, 5) is 10.8. The van der Waals surface area contributed by atoms with Crippen LogP contribution in [0.1, 0.15) is 25.7 Å². The predicted octanol–water partition coefficient (Wildman–Crippen LogP) is 1.74. The van der Waals surface area contributed by atoms with Gasteiger partial charge < -0.3 is 14.8 Å². The van der Waals surface area contributed by atoms with Crippen LogP contribution in [0.2, 0.25) is 0 Å². The molecule has 1 N–H and O–H groups in total. The highest BCUT2D eigenvalue weighted by molar-refractivity contribution is 5.66. The number of hydrogen-bond donors (Lipinski definition) is 1. The smallest absolute Gasteiger partial charge is 0.407 e. The molecule has 0 aromatic heterocycles. The molecular formula is C10H17FN2O3. The second kappa shape index (κ2) is 11.6. The molecule has 0 saturated heterocycles. The molecule has 0 heterocycles. The van der Waals surface area contributed by atoms with Gasteiger partial charge in [-0.3, -0.25) is 0 Å². The Balaban J connectivity index is 3.09. The molecule has 0 atom stereocenters. The summed E-state index contributed by atoms with van der Waals surface area (Å²) in [5.74, 6) is 0. The van der Waals surface area contributed by atoms with Crippen LogP contribution in [0, 0.1) is 11.5 Å². The van der Waals surface area contributed by atoms with Gasteiger partial charge in [0.1, 0.15) is 19.9 Å². The molecule has 0 unspecified atom stereocenters. The number of amides is 1. The summed E-state index contributed by atoms with van der Waals surface area (Å²) in [7, 11) is 0. The fraction of sp³-hybridized carbons (Fsp3) is 0.800. The number of halogens is 1. The molecule has 0 aliphatic rings. The first kappa shape index (κ1) is 14.5. The van der Waals surface area contributed by atoms with Crippen LogP contribution in [-0.2, 0) is 9.47 Å². The molecule has 0 bridgehead atoms. The highest BCUT2D eigenvalue weighted by Gasteiger charge is 1.99. The van der Waals surface area contributed by atoms with Gasteiger partial charge in [0.05, 0.1) is 0 Å². The third-order valence-electron chi connectivity index (χ3n) is 1.82. The molecular weight excluding hydrogens is 215 g/mol. The molecule has 0 fully saturated rings. The van der Waals surface area contributed by atoms with Crippen molar-refractivity contribution in [1.29, 1.82) is 5.26 Å². The zero-order valence-corrected chi connectivity index (χ0v) is 9.21. The Morgan fingerprint density at radius 3 is 2.69 bits per heavy atom. The van der Waals surface area contributed by atoms with Crippen LogP contribution in [0.3, 0.4) is 0 Å². The number of alkyl carbamates (subject to hydrolysis) is 1. The molecule has 1 amide bonds. The van der Waals surface area contributed by atoms with E-state index in [2.05, 4.69) is 14.8 Å². The summed E-state index contributed by atoms with van der Waals surface area (Å²) in [6.45, 7) is 0.107. The molecule has 92 valence electrons. The number of unbranched alkanes of at least 4 members (excludes halogenated alkanes) is 3. The minimum Gasteiger partial charge on any atom is -0.447 e. The number of nitrogens with zero attached hydrogens (tertiary/aromatic N) is 1. The Hall–Kier alpha value is -1.51. The van der Waals surface area contributed by atoms with Crippen LogP contribution in [-0.4, -0.2) is 32.5 Å². The lowest BCUT2D eigenvalue weighted by atomic mass is 10.2. The maximum Gasteiger partial charge on any atom is 0.407 e. The molecule has 0 spiro atoms. The van der Waals surface area contributed by atoms with Crippen LogP contribution in [0.15, 0.2) is 0 Å². The van der Waals surface area contributed by atoms with Crippen molar-refractivity contribution in [2.45, 2.75) is 25.7 Å². The second-order valence-electron chi connectivity index (χ2n) is 3.11. The maximum absolute atomic E-state index is 11.6. The first-order valence-electron chi connectivity index (χ1n) is 5.28. The van der Waals surface area contributed by atoms with Crippen molar-refractivity contribution in [3.63, 3.8) is 0 Å². The number of rotatable bonds is 9. The molecule has 16 heavy (non-hydrogen) atoms. The van der Waals surface area contributed by atoms with Crippen molar-refractivity contribution in [1.82, 2.24) is 5.32 Å². The Kier molecular flexibility index (Phi) is 10.5. The Morgan fingerprint density at radius 2 is 2.00 bits per heavy atom. The van der Waals surface area contributed by atoms with Crippen LogP contribution in [0.25, 0.3) is 0 Å². The third kappa shape index (κ3) is 10.6. The van der Waals surface area contributed by atoms with E-state index in [4.69, 9.17) is 5.26 Å². The van der Waals surface area contributed by atoms with E-state index >= 15 is 0 Å². The van der Waals surface area contributed by atoms with E-state index < -0.39 is 12.8 Å². The summed E-state index contributed by atoms with van der Waals surface area (Å²) in [5, 5.41) is 10.6. The van der Waals surface area contributed by atoms with Gasteiger partial charge in [0.15, 0.2) is 0 Å². The van der Waals surface area contributed by atoms with Crippen LogP contribution in [0.5, 0.6) is 0 Å². The molecule has 0 aliphatic carbocycles. The highest BCUT2D eigenvalue weighted by atomic mass is 19.1. The first-order chi connectivity index (χ1) is 7.81. The molecule has 6 heteroatoms. The zero-order chi connectivity index (χ0) is 12.1. The van der Waals surface area contributed by atoms with E-state index in [1.807, 2.05) is 0 Å². The van der Waals surface area contributed by atoms with Crippen molar-refractivity contribution in [2.24, 2.45) is 0 Å². The number of carbonyl (C=O) groups excluding carboxylic acids is 1. The third-order valence-corrected chi connectivity index (χ3v) is 1.82. The van der Waals surface area contributed by atoms with E-state index in [0.717, 1.165) is 25.7 Å². The van der Waals surface area contributed by atoms with E-state index in [1.165, 1.54) is 0 Å². The standard InChI is InChI=1S/C10H17FN2O3/c11-5-8-16-10(14)13-6-3-1-2-4-7-15-9-12/h1-8H2,(H,13,14). The minimum absolute atomic E-state index is 0.197. The van der Waals surface area contributed by atoms with Gasteiger partial charge in [-0.2, -0.15) is 5.26 Å². The van der Waals surface area contributed by atoms with Gasteiger partial charge in [0.25, 0.3) is 6.26 Å². The topological polar surface area (TPSA) is 71.3 Å². The Bertz CT molecular complexity index is 219. The highest BCUT2D eigenvalue weighted by Crippen LogP contribution is 1.98. The van der Waals surface area contributed by atoms with Gasteiger partial charge in [-0.25, -0.2) is 9.18 Å². The zero-order valence-electron chi connectivity index (χ0n) is 9.21. The number of nitriles is 1. The van der Waals surface area contributed by atoms with Gasteiger partial charge in [-0.15, -0.1) is 0 Å². The number of carbonyl (C=O) groups is 1. The first-order valence-corrected chi connectivity index (χ1v) is 5.28. The van der Waals surface area contributed by atoms with Crippen LogP contribution < -0.4 is 5.32 Å². The Labute approximate surface area is 94.5 Å². The quantitative estimate of drug-likeness (QED) is 0.485. The maximum atomic E-state index is 11.6. The van der Waals surface area contributed by atoms with Crippen molar-refractivity contribution < 1.29 is 18.7 Å². The second-order valence-corrected chi connectivity index (χ2v) is 3.11. The molecule has 0 saturated carbocycles. The SMILES string of the molecule is N#COCCCCCCNC(=O)OCCF. The Morgan fingerprint density at radius 1 is 1.25 bits per heavy atom. The van der Waals surface area contributed by atoms with E-state index in [0.29, 0.717) is 13.2 Å². The molecule has 0 radical (unpaired) electrons. The summed E-state index contributed by atoms with van der Waals surface area (Å²) >= 11 is 0. The van der Waals surface area contributed by atoms with E-state index in [-0.39, 0.29) is 6.61 Å². The molecule has 0 rings (SSSR count). The number of nitrogens with one attached hydrogen (secondary N) is 1. The predicted molar refractivity (Wildman–Crippen MR) is 55.4 cm³/mol. The largest absolute Gasteiger partial charge is 0.447 e. The van der Waals surface area contributed by atoms with Gasteiger partial charge in [-0.05, 0) is 19.3 Å².